The zero-order valence-corrected chi connectivity index (χ0v) is 49.1. The molecule has 6 aromatic rings. The van der Waals surface area contributed by atoms with Crippen molar-refractivity contribution in [3.05, 3.63) is 161 Å². The molecule has 0 atom stereocenters. The van der Waals surface area contributed by atoms with Gasteiger partial charge in [0, 0.05) is 43.4 Å². The molecular formula is C59H120N6S. The molecule has 6 nitrogen and oxygen atoms in total. The highest BCUT2D eigenvalue weighted by atomic mass is 32.1. The third-order valence-electron chi connectivity index (χ3n) is 4.58. The molecule has 0 aliphatic carbocycles. The fraction of sp³-hybridized carbons (Fsp3) is 0.542. The van der Waals surface area contributed by atoms with Crippen LogP contribution in [0.25, 0.3) is 0 Å². The Balaban J connectivity index is -0.0000000374. The van der Waals surface area contributed by atoms with Gasteiger partial charge in [-0.15, -0.1) is 0 Å². The average molecular weight is 946 g/mol. The number of hydrogen-bond donors (Lipinski definition) is 1. The molecule has 0 spiro atoms. The summed E-state index contributed by atoms with van der Waals surface area (Å²) in [4.78, 5) is 15.3. The number of H-pyrrole nitrogens is 1. The van der Waals surface area contributed by atoms with Gasteiger partial charge in [-0.1, -0.05) is 223 Å². The molecule has 0 fully saturated rings. The second-order valence-electron chi connectivity index (χ2n) is 8.70. The number of aromatic nitrogens is 6. The second kappa shape index (κ2) is 124. The van der Waals surface area contributed by atoms with E-state index in [1.807, 2.05) is 249 Å². The Morgan fingerprint density at radius 1 is 0.333 bits per heavy atom. The minimum atomic E-state index is 0. The summed E-state index contributed by atoms with van der Waals surface area (Å²) >= 11 is 1.74. The van der Waals surface area contributed by atoms with Crippen LogP contribution >= 0.6 is 11.3 Å². The van der Waals surface area contributed by atoms with E-state index < -0.39 is 0 Å². The highest BCUT2D eigenvalue weighted by Gasteiger charge is 1.77. The van der Waals surface area contributed by atoms with Crippen LogP contribution < -0.4 is 0 Å². The van der Waals surface area contributed by atoms with Gasteiger partial charge < -0.3 is 0 Å². The Labute approximate surface area is 422 Å². The lowest BCUT2D eigenvalue weighted by atomic mass is 10.2. The summed E-state index contributed by atoms with van der Waals surface area (Å²) in [5, 5.41) is 10.6. The number of benzene rings is 1. The van der Waals surface area contributed by atoms with E-state index in [0.717, 1.165) is 5.56 Å². The van der Waals surface area contributed by atoms with Crippen molar-refractivity contribution < 1.29 is 0 Å². The van der Waals surface area contributed by atoms with Gasteiger partial charge in [-0.05, 0) is 104 Å². The molecular weight excluding hydrogens is 825 g/mol. The van der Waals surface area contributed by atoms with E-state index in [1.54, 1.807) is 48.5 Å². The van der Waals surface area contributed by atoms with Crippen molar-refractivity contribution in [3.8, 4) is 0 Å². The molecule has 0 radical (unpaired) electrons. The number of hydrogen-bond acceptors (Lipinski definition) is 6. The minimum Gasteiger partial charge on any atom is -0.285 e. The summed E-state index contributed by atoms with van der Waals surface area (Å²) in [5.74, 6) is 0. The number of pyridine rings is 2. The Morgan fingerprint density at radius 3 is 0.864 bits per heavy atom. The van der Waals surface area contributed by atoms with E-state index in [4.69, 9.17) is 0 Å². The van der Waals surface area contributed by atoms with Gasteiger partial charge in [-0.25, -0.2) is 9.97 Å². The first-order valence-electron chi connectivity index (χ1n) is 24.8. The van der Waals surface area contributed by atoms with Crippen LogP contribution in [0.1, 0.15) is 214 Å². The zero-order valence-electron chi connectivity index (χ0n) is 48.3. The fourth-order valence-electron chi connectivity index (χ4n) is 2.43. The Kier molecular flexibility index (Phi) is 188. The second-order valence-corrected chi connectivity index (χ2v) is 9.48. The van der Waals surface area contributed by atoms with Gasteiger partial charge in [0.25, 0.3) is 0 Å². The van der Waals surface area contributed by atoms with E-state index in [0.29, 0.717) is 0 Å². The zero-order chi connectivity index (χ0) is 53.3. The molecule has 0 bridgehead atoms. The van der Waals surface area contributed by atoms with E-state index >= 15 is 0 Å². The molecule has 0 unspecified atom stereocenters. The van der Waals surface area contributed by atoms with Gasteiger partial charge in [0.05, 0.1) is 6.20 Å². The predicted molar refractivity (Wildman–Crippen MR) is 318 cm³/mol. The van der Waals surface area contributed by atoms with Crippen LogP contribution in [-0.2, 0) is 0 Å². The molecule has 5 heterocycles. The van der Waals surface area contributed by atoms with Crippen molar-refractivity contribution in [2.24, 2.45) is 0 Å². The lowest BCUT2D eigenvalue weighted by molar-refractivity contribution is 1.09. The summed E-state index contributed by atoms with van der Waals surface area (Å²) < 4.78 is 0. The summed E-state index contributed by atoms with van der Waals surface area (Å²) in [6.07, 6.45) is 15.9. The molecule has 0 amide bonds. The van der Waals surface area contributed by atoms with Crippen LogP contribution in [-0.4, -0.2) is 30.1 Å². The van der Waals surface area contributed by atoms with Crippen LogP contribution in [0, 0.1) is 41.5 Å². The number of nitrogens with one attached hydrogen (secondary N) is 1. The lowest BCUT2D eigenvalue weighted by Crippen LogP contribution is -1.75. The van der Waals surface area contributed by atoms with E-state index in [-0.39, 0.29) is 14.9 Å². The molecule has 1 aromatic carbocycles. The Bertz CT molecular complexity index is 1130. The number of aryl methyl sites for hydroxylation is 6. The molecule has 6 rings (SSSR count). The normalized spacial score (nSPS) is 6.39. The monoisotopic (exact) mass is 945 g/mol. The summed E-state index contributed by atoms with van der Waals surface area (Å²) in [6, 6.07) is 20.3. The molecule has 5 aromatic heterocycles. The van der Waals surface area contributed by atoms with Gasteiger partial charge in [0.2, 0.25) is 0 Å². The van der Waals surface area contributed by atoms with Gasteiger partial charge in [0.1, 0.15) is 6.33 Å². The molecule has 0 aliphatic rings. The first-order chi connectivity index (χ1) is 31.4. The molecule has 0 aliphatic heterocycles. The van der Waals surface area contributed by atoms with Gasteiger partial charge in [0.15, 0.2) is 0 Å². The quantitative estimate of drug-likeness (QED) is 0.164. The van der Waals surface area contributed by atoms with Gasteiger partial charge in [-0.2, -0.15) is 16.4 Å². The molecule has 1 N–H and O–H groups in total. The SMILES string of the molecule is C.C.CC.CC.CC.CC.CC.CC.CC.CC.CC.CC.CC.CC.Cc1ccccc1.Cc1cccnc1.Cc1ccncc1.Cc1ccsc1.Cc1cn[nH]c1.Cc1cncnc1. The molecule has 66 heavy (non-hydrogen) atoms. The summed E-state index contributed by atoms with van der Waals surface area (Å²) in [6.45, 7) is 60.2. The van der Waals surface area contributed by atoms with Crippen LogP contribution in [0.15, 0.2) is 127 Å². The Hall–Kier alpha value is -4.49. The van der Waals surface area contributed by atoms with Crippen molar-refractivity contribution in [1.29, 1.82) is 0 Å². The molecule has 392 valence electrons. The Morgan fingerprint density at radius 2 is 0.712 bits per heavy atom. The topological polar surface area (TPSA) is 80.2 Å². The van der Waals surface area contributed by atoms with Crippen LogP contribution in [0.3, 0.4) is 0 Å². The van der Waals surface area contributed by atoms with Crippen LogP contribution in [0.2, 0.25) is 0 Å². The van der Waals surface area contributed by atoms with Crippen molar-refractivity contribution >= 4 is 11.3 Å². The predicted octanol–water partition coefficient (Wildman–Crippen LogP) is 21.9. The summed E-state index contributed by atoms with van der Waals surface area (Å²) in [7, 11) is 0. The minimum absolute atomic E-state index is 0. The largest absolute Gasteiger partial charge is 0.285 e. The maximum absolute atomic E-state index is 3.88. The third kappa shape index (κ3) is 118. The average Bonchev–Trinajstić information content (AvgIpc) is 4.11. The molecule has 7 heteroatoms. The lowest BCUT2D eigenvalue weighted by Gasteiger charge is -1.82. The fourth-order valence-corrected chi connectivity index (χ4v) is 3.10. The van der Waals surface area contributed by atoms with Crippen molar-refractivity contribution in [2.45, 2.75) is 223 Å². The maximum Gasteiger partial charge on any atom is 0.115 e. The van der Waals surface area contributed by atoms with Crippen molar-refractivity contribution in [3.63, 3.8) is 0 Å². The number of nitrogens with zero attached hydrogens (tertiary/aromatic N) is 5. The van der Waals surface area contributed by atoms with Gasteiger partial charge in [-0.3, -0.25) is 15.1 Å². The molecule has 0 saturated carbocycles. The highest BCUT2D eigenvalue weighted by molar-refractivity contribution is 7.07. The van der Waals surface area contributed by atoms with Crippen LogP contribution in [0.4, 0.5) is 0 Å². The summed E-state index contributed by atoms with van der Waals surface area (Å²) in [5.41, 5.74) is 7.43. The first-order valence-corrected chi connectivity index (χ1v) is 25.7. The number of rotatable bonds is 0. The first kappa shape index (κ1) is 99.8. The van der Waals surface area contributed by atoms with Crippen molar-refractivity contribution in [1.82, 2.24) is 30.1 Å². The van der Waals surface area contributed by atoms with E-state index in [9.17, 15) is 0 Å². The maximum atomic E-state index is 3.88. The van der Waals surface area contributed by atoms with E-state index in [1.165, 1.54) is 34.1 Å². The number of aromatic amines is 1. The van der Waals surface area contributed by atoms with Crippen molar-refractivity contribution in [2.75, 3.05) is 0 Å². The van der Waals surface area contributed by atoms with Crippen LogP contribution in [0.5, 0.6) is 0 Å². The molecule has 0 saturated heterocycles. The smallest absolute Gasteiger partial charge is 0.115 e. The highest BCUT2D eigenvalue weighted by Crippen LogP contribution is 2.01. The van der Waals surface area contributed by atoms with E-state index in [2.05, 4.69) is 72.9 Å². The third-order valence-corrected chi connectivity index (χ3v) is 5.39. The number of thiophene rings is 1. The standard InChI is InChI=1S/C7H8.2C6H7N.C5H6N2.C5H6S.C4H6N2.12C2H6.2CH4/c1-7-5-3-2-4-6-7;1-6-2-4-7-5-3-6;1-6-3-2-4-7-5-6;1-5-2-6-4-7-3-5;1-5-2-3-6-4-5;1-4-2-5-6-3-4;12*1-2;;/h2-6H,1H3;2*2-5H,1H3;2-4H,1H3;2-4H,1H3;2-3H,1H3,(H,5,6);12*1-2H3;2*1H4. The van der Waals surface area contributed by atoms with Gasteiger partial charge >= 0.3 is 0 Å².